The number of alkyl halides is 3. The average molecular weight is 415 g/mol. The van der Waals surface area contributed by atoms with Gasteiger partial charge in [0.15, 0.2) is 0 Å². The predicted molar refractivity (Wildman–Crippen MR) is 96.5 cm³/mol. The first-order valence-electron chi connectivity index (χ1n) is 8.49. The van der Waals surface area contributed by atoms with Gasteiger partial charge in [-0.1, -0.05) is 18.7 Å². The highest BCUT2D eigenvalue weighted by Crippen LogP contribution is 2.37. The zero-order valence-corrected chi connectivity index (χ0v) is 15.6. The van der Waals surface area contributed by atoms with Crippen LogP contribution in [0.1, 0.15) is 24.5 Å². The number of carbonyl (C=O) groups is 2. The van der Waals surface area contributed by atoms with Crippen LogP contribution in [0.4, 0.5) is 18.0 Å². The van der Waals surface area contributed by atoms with Crippen LogP contribution in [-0.2, 0) is 17.4 Å². The monoisotopic (exact) mass is 415 g/mol. The number of hydrogen-bond acceptors (Lipinski definition) is 6. The quantitative estimate of drug-likeness (QED) is 0.527. The lowest BCUT2D eigenvalue weighted by Gasteiger charge is -2.16. The Labute approximate surface area is 161 Å². The lowest BCUT2D eigenvalue weighted by atomic mass is 10.0. The molecule has 0 atom stereocenters. The summed E-state index contributed by atoms with van der Waals surface area (Å²) >= 11 is 0.943. The van der Waals surface area contributed by atoms with E-state index in [1.807, 2.05) is 0 Å². The van der Waals surface area contributed by atoms with Crippen LogP contribution < -0.4 is 10.4 Å². The third-order valence-corrected chi connectivity index (χ3v) is 5.11. The molecular formula is C18H16F3NO5S. The molecule has 0 unspecified atom stereocenters. The zero-order chi connectivity index (χ0) is 20.5. The number of ether oxygens (including phenoxy) is 1. The van der Waals surface area contributed by atoms with Gasteiger partial charge in [0.25, 0.3) is 5.24 Å². The van der Waals surface area contributed by atoms with Crippen molar-refractivity contribution in [3.05, 3.63) is 39.7 Å². The summed E-state index contributed by atoms with van der Waals surface area (Å²) in [5.41, 5.74) is -1.94. The first kappa shape index (κ1) is 20.2. The fraction of sp³-hybridized carbons (Fsp3) is 0.389. The number of hydrogen-bond donors (Lipinski definition) is 0. The second kappa shape index (κ2) is 7.86. The summed E-state index contributed by atoms with van der Waals surface area (Å²) in [6, 6.07) is 3.04. The fourth-order valence-electron chi connectivity index (χ4n) is 2.97. The summed E-state index contributed by atoms with van der Waals surface area (Å²) in [7, 11) is 0. The molecule has 1 saturated heterocycles. The predicted octanol–water partition coefficient (Wildman–Crippen LogP) is 3.84. The highest BCUT2D eigenvalue weighted by Gasteiger charge is 2.34. The number of fused-ring (bicyclic) bond motifs is 1. The minimum atomic E-state index is -4.69. The summed E-state index contributed by atoms with van der Waals surface area (Å²) in [5.74, 6) is 0.174. The van der Waals surface area contributed by atoms with E-state index < -0.39 is 17.4 Å². The van der Waals surface area contributed by atoms with Crippen molar-refractivity contribution < 1.29 is 31.9 Å². The maximum atomic E-state index is 13.2. The molecule has 1 fully saturated rings. The first-order chi connectivity index (χ1) is 13.2. The molecule has 2 amide bonds. The molecule has 2 heterocycles. The van der Waals surface area contributed by atoms with Crippen molar-refractivity contribution in [1.29, 1.82) is 0 Å². The van der Waals surface area contributed by atoms with Crippen molar-refractivity contribution >= 4 is 33.9 Å². The van der Waals surface area contributed by atoms with Crippen molar-refractivity contribution in [3.8, 4) is 5.75 Å². The minimum Gasteiger partial charge on any atom is -0.493 e. The SMILES string of the molecule is CCc1c(OCCCN2C(=O)CSC2=O)ccc2c(C(F)(F)F)cc(=O)oc12. The van der Waals surface area contributed by atoms with Crippen LogP contribution in [0.15, 0.2) is 27.4 Å². The molecule has 1 aliphatic rings. The van der Waals surface area contributed by atoms with Crippen molar-refractivity contribution in [1.82, 2.24) is 4.90 Å². The van der Waals surface area contributed by atoms with Crippen LogP contribution in [0.25, 0.3) is 11.0 Å². The lowest BCUT2D eigenvalue weighted by molar-refractivity contribution is -0.136. The molecule has 0 aliphatic carbocycles. The van der Waals surface area contributed by atoms with Crippen molar-refractivity contribution in [2.24, 2.45) is 0 Å². The van der Waals surface area contributed by atoms with Crippen LogP contribution in [0, 0.1) is 0 Å². The highest BCUT2D eigenvalue weighted by atomic mass is 32.2. The van der Waals surface area contributed by atoms with Crippen LogP contribution in [0.5, 0.6) is 5.75 Å². The molecule has 3 rings (SSSR count). The number of nitrogens with zero attached hydrogens (tertiary/aromatic N) is 1. The van der Waals surface area contributed by atoms with Crippen LogP contribution in [0.2, 0.25) is 0 Å². The normalized spacial score (nSPS) is 14.9. The molecule has 1 aromatic carbocycles. The Morgan fingerprint density at radius 3 is 2.61 bits per heavy atom. The van der Waals surface area contributed by atoms with E-state index in [9.17, 15) is 27.6 Å². The van der Waals surface area contributed by atoms with Crippen LogP contribution in [0.3, 0.4) is 0 Å². The van der Waals surface area contributed by atoms with Gasteiger partial charge in [0.1, 0.15) is 11.3 Å². The van der Waals surface area contributed by atoms with E-state index >= 15 is 0 Å². The molecule has 1 aromatic heterocycles. The average Bonchev–Trinajstić information content (AvgIpc) is 2.95. The van der Waals surface area contributed by atoms with Gasteiger partial charge in [0.05, 0.1) is 17.9 Å². The van der Waals surface area contributed by atoms with Gasteiger partial charge in [-0.2, -0.15) is 13.2 Å². The maximum absolute atomic E-state index is 13.2. The molecule has 2 aromatic rings. The van der Waals surface area contributed by atoms with E-state index in [1.54, 1.807) is 6.92 Å². The molecule has 150 valence electrons. The largest absolute Gasteiger partial charge is 0.493 e. The maximum Gasteiger partial charge on any atom is 0.417 e. The summed E-state index contributed by atoms with van der Waals surface area (Å²) < 4.78 is 50.3. The third kappa shape index (κ3) is 4.01. The highest BCUT2D eigenvalue weighted by molar-refractivity contribution is 8.14. The smallest absolute Gasteiger partial charge is 0.417 e. The number of rotatable bonds is 6. The molecule has 1 aliphatic heterocycles. The molecule has 0 bridgehead atoms. The molecule has 28 heavy (non-hydrogen) atoms. The van der Waals surface area contributed by atoms with Crippen LogP contribution >= 0.6 is 11.8 Å². The van der Waals surface area contributed by atoms with Gasteiger partial charge < -0.3 is 9.15 Å². The van der Waals surface area contributed by atoms with E-state index in [4.69, 9.17) is 9.15 Å². The molecule has 0 N–H and O–H groups in total. The summed E-state index contributed by atoms with van der Waals surface area (Å²) in [6.45, 7) is 2.05. The Morgan fingerprint density at radius 2 is 2.00 bits per heavy atom. The van der Waals surface area contributed by atoms with Gasteiger partial charge in [-0.15, -0.1) is 0 Å². The topological polar surface area (TPSA) is 76.8 Å². The zero-order valence-electron chi connectivity index (χ0n) is 14.8. The van der Waals surface area contributed by atoms with Gasteiger partial charge >= 0.3 is 11.8 Å². The second-order valence-corrected chi connectivity index (χ2v) is 6.98. The molecular weight excluding hydrogens is 399 g/mol. The van der Waals surface area contributed by atoms with Crippen molar-refractivity contribution in [3.63, 3.8) is 0 Å². The third-order valence-electron chi connectivity index (χ3n) is 4.26. The van der Waals surface area contributed by atoms with Crippen LogP contribution in [-0.4, -0.2) is 35.0 Å². The first-order valence-corrected chi connectivity index (χ1v) is 9.47. The Balaban J connectivity index is 1.81. The number of thioether (sulfide) groups is 1. The molecule has 0 spiro atoms. The van der Waals surface area contributed by atoms with Gasteiger partial charge in [-0.3, -0.25) is 14.5 Å². The van der Waals surface area contributed by atoms with Crippen molar-refractivity contribution in [2.75, 3.05) is 18.9 Å². The lowest BCUT2D eigenvalue weighted by Crippen LogP contribution is -2.30. The number of benzene rings is 1. The molecule has 10 heteroatoms. The summed E-state index contributed by atoms with van der Waals surface area (Å²) in [4.78, 5) is 35.8. The van der Waals surface area contributed by atoms with E-state index in [2.05, 4.69) is 0 Å². The Morgan fingerprint density at radius 1 is 1.25 bits per heavy atom. The van der Waals surface area contributed by atoms with E-state index in [0.717, 1.165) is 16.7 Å². The van der Waals surface area contributed by atoms with Gasteiger partial charge in [0, 0.05) is 23.6 Å². The Bertz CT molecular complexity index is 970. The number of aryl methyl sites for hydroxylation is 1. The van der Waals surface area contributed by atoms with E-state index in [0.29, 0.717) is 23.8 Å². The Kier molecular flexibility index (Phi) is 5.69. The Hall–Kier alpha value is -2.49. The van der Waals surface area contributed by atoms with Crippen molar-refractivity contribution in [2.45, 2.75) is 25.9 Å². The van der Waals surface area contributed by atoms with Gasteiger partial charge in [0.2, 0.25) is 5.91 Å². The minimum absolute atomic E-state index is 0.130. The van der Waals surface area contributed by atoms with Gasteiger partial charge in [-0.25, -0.2) is 4.79 Å². The molecule has 6 nitrogen and oxygen atoms in total. The number of imide groups is 1. The fourth-order valence-corrected chi connectivity index (χ4v) is 3.72. The van der Waals surface area contributed by atoms with E-state index in [-0.39, 0.29) is 47.4 Å². The molecule has 0 radical (unpaired) electrons. The number of carbonyl (C=O) groups excluding carboxylic acids is 2. The van der Waals surface area contributed by atoms with Gasteiger partial charge in [-0.05, 0) is 25.0 Å². The van der Waals surface area contributed by atoms with E-state index in [1.165, 1.54) is 12.1 Å². The molecule has 0 saturated carbocycles. The number of amides is 2. The standard InChI is InChI=1S/C18H16F3NO5S/c1-2-10-13(26-7-3-6-22-14(23)9-28-17(22)25)5-4-11-12(18(19,20)21)8-15(24)27-16(10)11/h4-5,8H,2-3,6-7,9H2,1H3. The number of halogens is 3. The summed E-state index contributed by atoms with van der Waals surface area (Å²) in [6.07, 6.45) is -4.03. The summed E-state index contributed by atoms with van der Waals surface area (Å²) in [5, 5.41) is -0.506. The second-order valence-electron chi connectivity index (χ2n) is 6.05.